The Morgan fingerprint density at radius 1 is 0.960 bits per heavy atom. The van der Waals surface area contributed by atoms with Crippen LogP contribution in [0.3, 0.4) is 0 Å². The molecule has 1 amide bonds. The van der Waals surface area contributed by atoms with Gasteiger partial charge in [-0.1, -0.05) is 30.3 Å². The van der Waals surface area contributed by atoms with Gasteiger partial charge in [-0.2, -0.15) is 0 Å². The summed E-state index contributed by atoms with van der Waals surface area (Å²) in [6.07, 6.45) is 2.94. The quantitative estimate of drug-likeness (QED) is 0.489. The van der Waals surface area contributed by atoms with Crippen LogP contribution in [0.15, 0.2) is 60.7 Å². The molecule has 2 aromatic rings. The molecule has 25 heavy (non-hydrogen) atoms. The van der Waals surface area contributed by atoms with Crippen LogP contribution < -0.4 is 4.90 Å². The van der Waals surface area contributed by atoms with Gasteiger partial charge >= 0.3 is 0 Å². The zero-order valence-corrected chi connectivity index (χ0v) is 13.7. The third kappa shape index (κ3) is 4.03. The highest BCUT2D eigenvalue weighted by molar-refractivity contribution is 5.92. The third-order valence-electron chi connectivity index (χ3n) is 4.25. The molecule has 1 aliphatic rings. The number of carbonyl (C=O) groups excluding carboxylic acids is 1. The Labute approximate surface area is 146 Å². The fourth-order valence-corrected chi connectivity index (χ4v) is 2.89. The van der Waals surface area contributed by atoms with Crippen LogP contribution in [-0.2, 0) is 4.79 Å². The Kier molecular flexibility index (Phi) is 5.09. The van der Waals surface area contributed by atoms with Gasteiger partial charge in [0, 0.05) is 44.0 Å². The van der Waals surface area contributed by atoms with Crippen LogP contribution in [0.1, 0.15) is 5.56 Å². The van der Waals surface area contributed by atoms with Crippen molar-refractivity contribution in [2.75, 3.05) is 31.1 Å². The number of para-hydroxylation sites is 2. The summed E-state index contributed by atoms with van der Waals surface area (Å²) in [7, 11) is 0. The van der Waals surface area contributed by atoms with E-state index in [0.29, 0.717) is 18.7 Å². The van der Waals surface area contributed by atoms with E-state index in [1.165, 1.54) is 18.2 Å². The van der Waals surface area contributed by atoms with Crippen molar-refractivity contribution in [3.8, 4) is 0 Å². The van der Waals surface area contributed by atoms with Crippen molar-refractivity contribution in [3.05, 3.63) is 76.4 Å². The van der Waals surface area contributed by atoms with Crippen LogP contribution in [0.2, 0.25) is 0 Å². The minimum Gasteiger partial charge on any atom is -0.368 e. The van der Waals surface area contributed by atoms with Crippen molar-refractivity contribution in [1.82, 2.24) is 4.90 Å². The van der Waals surface area contributed by atoms with E-state index in [0.717, 1.165) is 18.8 Å². The van der Waals surface area contributed by atoms with Gasteiger partial charge in [0.05, 0.1) is 10.5 Å². The first-order valence-electron chi connectivity index (χ1n) is 8.15. The van der Waals surface area contributed by atoms with Crippen molar-refractivity contribution in [2.45, 2.75) is 0 Å². The summed E-state index contributed by atoms with van der Waals surface area (Å²) in [5, 5.41) is 11.0. The Morgan fingerprint density at radius 2 is 1.60 bits per heavy atom. The number of piperazine rings is 1. The predicted octanol–water partition coefficient (Wildman–Crippen LogP) is 2.96. The van der Waals surface area contributed by atoms with E-state index >= 15 is 0 Å². The van der Waals surface area contributed by atoms with Crippen molar-refractivity contribution in [2.24, 2.45) is 0 Å². The Bertz CT molecular complexity index is 782. The second-order valence-corrected chi connectivity index (χ2v) is 5.80. The average Bonchev–Trinajstić information content (AvgIpc) is 2.67. The SMILES string of the molecule is O=C(C=Cc1ccccc1[N+](=O)[O-])N1CCN(c2ccccc2)CC1. The average molecular weight is 337 g/mol. The summed E-state index contributed by atoms with van der Waals surface area (Å²) in [5.74, 6) is -0.120. The highest BCUT2D eigenvalue weighted by Gasteiger charge is 2.20. The molecule has 1 aliphatic heterocycles. The number of carbonyl (C=O) groups is 1. The van der Waals surface area contributed by atoms with Gasteiger partial charge in [0.2, 0.25) is 5.91 Å². The number of nitro groups is 1. The first-order chi connectivity index (χ1) is 12.1. The molecule has 0 aromatic heterocycles. The van der Waals surface area contributed by atoms with Crippen LogP contribution >= 0.6 is 0 Å². The van der Waals surface area contributed by atoms with Crippen LogP contribution in [-0.4, -0.2) is 41.9 Å². The Morgan fingerprint density at radius 3 is 2.28 bits per heavy atom. The molecule has 128 valence electrons. The van der Waals surface area contributed by atoms with E-state index in [9.17, 15) is 14.9 Å². The van der Waals surface area contributed by atoms with E-state index in [4.69, 9.17) is 0 Å². The number of rotatable bonds is 4. The van der Waals surface area contributed by atoms with Gasteiger partial charge < -0.3 is 9.80 Å². The molecular weight excluding hydrogens is 318 g/mol. The fraction of sp³-hybridized carbons (Fsp3) is 0.211. The minimum atomic E-state index is -0.442. The van der Waals surface area contributed by atoms with E-state index in [2.05, 4.69) is 17.0 Å². The molecule has 0 saturated carbocycles. The van der Waals surface area contributed by atoms with Crippen molar-refractivity contribution in [1.29, 1.82) is 0 Å². The van der Waals surface area contributed by atoms with Crippen LogP contribution in [0.25, 0.3) is 6.08 Å². The van der Waals surface area contributed by atoms with E-state index in [-0.39, 0.29) is 11.6 Å². The normalized spacial score (nSPS) is 14.7. The molecule has 6 heteroatoms. The van der Waals surface area contributed by atoms with Crippen molar-refractivity contribution >= 4 is 23.4 Å². The summed E-state index contributed by atoms with van der Waals surface area (Å²) < 4.78 is 0. The zero-order chi connectivity index (χ0) is 17.6. The van der Waals surface area contributed by atoms with Crippen molar-refractivity contribution in [3.63, 3.8) is 0 Å². The predicted molar refractivity (Wildman–Crippen MR) is 97.4 cm³/mol. The lowest BCUT2D eigenvalue weighted by molar-refractivity contribution is -0.385. The summed E-state index contributed by atoms with van der Waals surface area (Å²) >= 11 is 0. The third-order valence-corrected chi connectivity index (χ3v) is 4.25. The largest absolute Gasteiger partial charge is 0.368 e. The molecule has 0 unspecified atom stereocenters. The number of nitro benzene ring substituents is 1. The second kappa shape index (κ2) is 7.61. The number of nitrogens with zero attached hydrogens (tertiary/aromatic N) is 3. The summed E-state index contributed by atoms with van der Waals surface area (Å²) in [5.41, 5.74) is 1.59. The molecule has 0 atom stereocenters. The van der Waals surface area contributed by atoms with E-state index < -0.39 is 4.92 Å². The van der Waals surface area contributed by atoms with E-state index in [1.54, 1.807) is 23.1 Å². The fourth-order valence-electron chi connectivity index (χ4n) is 2.89. The molecule has 3 rings (SSSR count). The maximum absolute atomic E-state index is 12.3. The van der Waals surface area contributed by atoms with Crippen molar-refractivity contribution < 1.29 is 9.72 Å². The first-order valence-corrected chi connectivity index (χ1v) is 8.15. The first kappa shape index (κ1) is 16.7. The Hall–Kier alpha value is -3.15. The molecule has 0 N–H and O–H groups in total. The minimum absolute atomic E-state index is 0.000414. The number of anilines is 1. The maximum Gasteiger partial charge on any atom is 0.276 e. The number of benzene rings is 2. The topological polar surface area (TPSA) is 66.7 Å². The molecule has 0 spiro atoms. The number of hydrogen-bond donors (Lipinski definition) is 0. The smallest absolute Gasteiger partial charge is 0.276 e. The van der Waals surface area contributed by atoms with Gasteiger partial charge in [0.15, 0.2) is 0 Å². The summed E-state index contributed by atoms with van der Waals surface area (Å²) in [4.78, 5) is 26.9. The monoisotopic (exact) mass is 337 g/mol. The standard InChI is InChI=1S/C19H19N3O3/c23-19(11-10-16-6-4-5-9-18(16)22(24)25)21-14-12-20(13-15-21)17-7-2-1-3-8-17/h1-11H,12-15H2. The second-order valence-electron chi connectivity index (χ2n) is 5.80. The molecule has 0 radical (unpaired) electrons. The molecule has 6 nitrogen and oxygen atoms in total. The highest BCUT2D eigenvalue weighted by Crippen LogP contribution is 2.19. The summed E-state index contributed by atoms with van der Waals surface area (Å²) in [6, 6.07) is 16.5. The molecule has 1 fully saturated rings. The molecule has 0 bridgehead atoms. The highest BCUT2D eigenvalue weighted by atomic mass is 16.6. The van der Waals surface area contributed by atoms with Crippen LogP contribution in [0, 0.1) is 10.1 Å². The van der Waals surface area contributed by atoms with E-state index in [1.807, 2.05) is 18.2 Å². The lowest BCUT2D eigenvalue weighted by Crippen LogP contribution is -2.48. The van der Waals surface area contributed by atoms with Gasteiger partial charge in [-0.3, -0.25) is 14.9 Å². The lowest BCUT2D eigenvalue weighted by atomic mass is 10.1. The maximum atomic E-state index is 12.3. The summed E-state index contributed by atoms with van der Waals surface area (Å²) in [6.45, 7) is 2.81. The molecule has 1 heterocycles. The molecule has 1 saturated heterocycles. The molecular formula is C19H19N3O3. The molecule has 2 aromatic carbocycles. The molecule has 0 aliphatic carbocycles. The van der Waals surface area contributed by atoms with Crippen LogP contribution in [0.4, 0.5) is 11.4 Å². The van der Waals surface area contributed by atoms with Gasteiger partial charge in [-0.15, -0.1) is 0 Å². The Balaban J connectivity index is 1.61. The van der Waals surface area contributed by atoms with Gasteiger partial charge in [0.1, 0.15) is 0 Å². The van der Waals surface area contributed by atoms with Gasteiger partial charge in [-0.25, -0.2) is 0 Å². The van der Waals surface area contributed by atoms with Crippen LogP contribution in [0.5, 0.6) is 0 Å². The zero-order valence-electron chi connectivity index (χ0n) is 13.7. The number of hydrogen-bond acceptors (Lipinski definition) is 4. The lowest BCUT2D eigenvalue weighted by Gasteiger charge is -2.35. The van der Waals surface area contributed by atoms with Gasteiger partial charge in [0.25, 0.3) is 5.69 Å². The number of amides is 1. The van der Waals surface area contributed by atoms with Gasteiger partial charge in [-0.05, 0) is 24.3 Å².